The molecule has 2 aromatic heterocycles. The largest absolute Gasteiger partial charge is 0.256 e. The summed E-state index contributed by atoms with van der Waals surface area (Å²) in [5.41, 5.74) is 10.8. The fourth-order valence-corrected chi connectivity index (χ4v) is 4.48. The van der Waals surface area contributed by atoms with Crippen LogP contribution in [0, 0.1) is 0 Å². The van der Waals surface area contributed by atoms with E-state index >= 15 is 0 Å². The summed E-state index contributed by atoms with van der Waals surface area (Å²) < 4.78 is 0. The van der Waals surface area contributed by atoms with Gasteiger partial charge in [-0.2, -0.15) is 0 Å². The monoisotopic (exact) mass is 460 g/mol. The molecule has 0 aliphatic rings. The molecular weight excluding hydrogens is 436 g/mol. The lowest BCUT2D eigenvalue weighted by atomic mass is 9.97. The van der Waals surface area contributed by atoms with Gasteiger partial charge in [0.2, 0.25) is 0 Å². The Morgan fingerprint density at radius 1 is 0.306 bits per heavy atom. The highest BCUT2D eigenvalue weighted by atomic mass is 14.7. The Balaban J connectivity index is 1.45. The fourth-order valence-electron chi connectivity index (χ4n) is 4.48. The highest BCUT2D eigenvalue weighted by Gasteiger charge is 2.10. The van der Waals surface area contributed by atoms with E-state index in [1.807, 2.05) is 36.5 Å². The Kier molecular flexibility index (Phi) is 5.91. The van der Waals surface area contributed by atoms with Crippen LogP contribution in [0.2, 0.25) is 0 Å². The van der Waals surface area contributed by atoms with Crippen LogP contribution in [0.5, 0.6) is 0 Å². The maximum absolute atomic E-state index is 5.09. The lowest BCUT2D eigenvalue weighted by Crippen LogP contribution is -1.91. The van der Waals surface area contributed by atoms with Gasteiger partial charge in [0, 0.05) is 22.9 Å². The van der Waals surface area contributed by atoms with Crippen molar-refractivity contribution >= 4 is 0 Å². The molecule has 6 aromatic rings. The van der Waals surface area contributed by atoms with Crippen molar-refractivity contribution < 1.29 is 0 Å². The molecule has 0 aliphatic heterocycles. The third kappa shape index (κ3) is 4.57. The minimum Gasteiger partial charge on any atom is -0.256 e. The first kappa shape index (κ1) is 21.7. The van der Waals surface area contributed by atoms with Crippen molar-refractivity contribution in [2.24, 2.45) is 0 Å². The second kappa shape index (κ2) is 9.81. The maximum Gasteiger partial charge on any atom is 0.0715 e. The topological polar surface area (TPSA) is 25.8 Å². The van der Waals surface area contributed by atoms with E-state index in [9.17, 15) is 0 Å². The quantitative estimate of drug-likeness (QED) is 0.257. The van der Waals surface area contributed by atoms with E-state index in [0.717, 1.165) is 50.5 Å². The smallest absolute Gasteiger partial charge is 0.0715 e. The van der Waals surface area contributed by atoms with Crippen molar-refractivity contribution in [1.82, 2.24) is 9.97 Å². The summed E-state index contributed by atoms with van der Waals surface area (Å²) in [7, 11) is 0. The second-order valence-corrected chi connectivity index (χ2v) is 8.73. The Labute approximate surface area is 211 Å². The molecule has 0 N–H and O–H groups in total. The number of aromatic nitrogens is 2. The molecule has 0 saturated carbocycles. The SMILES string of the molecule is c1ccc(-c2cc(-c3ccccc3)nc(-c3cccc(-c4cccc(-c5ccccn5)c4)c3)c2)cc1. The van der Waals surface area contributed by atoms with Gasteiger partial charge in [-0.05, 0) is 58.7 Å². The summed E-state index contributed by atoms with van der Waals surface area (Å²) in [6.45, 7) is 0. The van der Waals surface area contributed by atoms with Crippen molar-refractivity contribution in [1.29, 1.82) is 0 Å². The molecule has 4 aromatic carbocycles. The normalized spacial score (nSPS) is 10.8. The van der Waals surface area contributed by atoms with E-state index < -0.39 is 0 Å². The third-order valence-electron chi connectivity index (χ3n) is 6.32. The van der Waals surface area contributed by atoms with Crippen molar-refractivity contribution in [2.45, 2.75) is 0 Å². The summed E-state index contributed by atoms with van der Waals surface area (Å²) in [5, 5.41) is 0. The first-order valence-corrected chi connectivity index (χ1v) is 12.1. The molecule has 0 radical (unpaired) electrons. The lowest BCUT2D eigenvalue weighted by molar-refractivity contribution is 1.32. The Bertz CT molecular complexity index is 1550. The van der Waals surface area contributed by atoms with Gasteiger partial charge in [0.25, 0.3) is 0 Å². The van der Waals surface area contributed by atoms with Crippen LogP contribution in [0.1, 0.15) is 0 Å². The standard InChI is InChI=1S/C34H24N2/c1-3-11-25(12-4-1)31-23-33(26-13-5-2-6-14-26)36-34(24-31)30-18-10-16-28(22-30)27-15-9-17-29(21-27)32-19-7-8-20-35-32/h1-24H. The number of benzene rings is 4. The van der Waals surface area contributed by atoms with Gasteiger partial charge in [0.15, 0.2) is 0 Å². The highest BCUT2D eigenvalue weighted by molar-refractivity contribution is 5.79. The van der Waals surface area contributed by atoms with Gasteiger partial charge in [-0.3, -0.25) is 4.98 Å². The Hall–Kier alpha value is -4.82. The van der Waals surface area contributed by atoms with Gasteiger partial charge < -0.3 is 0 Å². The summed E-state index contributed by atoms with van der Waals surface area (Å²) in [6.07, 6.45) is 1.83. The number of pyridine rings is 2. The van der Waals surface area contributed by atoms with Crippen LogP contribution in [0.3, 0.4) is 0 Å². The van der Waals surface area contributed by atoms with Gasteiger partial charge in [-0.15, -0.1) is 0 Å². The fraction of sp³-hybridized carbons (Fsp3) is 0. The molecule has 0 fully saturated rings. The Morgan fingerprint density at radius 2 is 0.806 bits per heavy atom. The van der Waals surface area contributed by atoms with Crippen molar-refractivity contribution in [3.8, 4) is 56.0 Å². The first-order valence-electron chi connectivity index (χ1n) is 12.1. The molecule has 170 valence electrons. The van der Waals surface area contributed by atoms with E-state index in [1.54, 1.807) is 0 Å². The number of rotatable bonds is 5. The zero-order valence-corrected chi connectivity index (χ0v) is 19.8. The summed E-state index contributed by atoms with van der Waals surface area (Å²) in [5.74, 6) is 0. The summed E-state index contributed by atoms with van der Waals surface area (Å²) in [6, 6.07) is 48.4. The highest BCUT2D eigenvalue weighted by Crippen LogP contribution is 2.32. The van der Waals surface area contributed by atoms with Gasteiger partial charge in [0.05, 0.1) is 17.1 Å². The second-order valence-electron chi connectivity index (χ2n) is 8.73. The van der Waals surface area contributed by atoms with Crippen LogP contribution in [0.25, 0.3) is 56.0 Å². The molecule has 0 saturated heterocycles. The first-order chi connectivity index (χ1) is 17.8. The van der Waals surface area contributed by atoms with Crippen molar-refractivity contribution in [2.75, 3.05) is 0 Å². The van der Waals surface area contributed by atoms with Crippen LogP contribution >= 0.6 is 0 Å². The number of hydrogen-bond acceptors (Lipinski definition) is 2. The van der Waals surface area contributed by atoms with Crippen LogP contribution in [0.4, 0.5) is 0 Å². The zero-order valence-electron chi connectivity index (χ0n) is 19.8. The molecule has 0 amide bonds. The minimum absolute atomic E-state index is 0.956. The van der Waals surface area contributed by atoms with Crippen LogP contribution in [-0.4, -0.2) is 9.97 Å². The number of nitrogens with zero attached hydrogens (tertiary/aromatic N) is 2. The number of hydrogen-bond donors (Lipinski definition) is 0. The molecule has 36 heavy (non-hydrogen) atoms. The van der Waals surface area contributed by atoms with E-state index in [-0.39, 0.29) is 0 Å². The summed E-state index contributed by atoms with van der Waals surface area (Å²) in [4.78, 5) is 9.61. The van der Waals surface area contributed by atoms with Crippen LogP contribution in [0.15, 0.2) is 146 Å². The molecule has 0 aliphatic carbocycles. The molecule has 0 spiro atoms. The molecule has 2 heterocycles. The maximum atomic E-state index is 5.09. The predicted octanol–water partition coefficient (Wildman–Crippen LogP) is 8.81. The van der Waals surface area contributed by atoms with E-state index in [2.05, 4.69) is 114 Å². The van der Waals surface area contributed by atoms with E-state index in [4.69, 9.17) is 4.98 Å². The predicted molar refractivity (Wildman–Crippen MR) is 149 cm³/mol. The molecule has 2 nitrogen and oxygen atoms in total. The summed E-state index contributed by atoms with van der Waals surface area (Å²) >= 11 is 0. The molecule has 0 atom stereocenters. The third-order valence-corrected chi connectivity index (χ3v) is 6.32. The van der Waals surface area contributed by atoms with Gasteiger partial charge in [0.1, 0.15) is 0 Å². The van der Waals surface area contributed by atoms with Crippen molar-refractivity contribution in [3.63, 3.8) is 0 Å². The average molecular weight is 461 g/mol. The van der Waals surface area contributed by atoms with E-state index in [1.165, 1.54) is 5.56 Å². The molecule has 0 bridgehead atoms. The Morgan fingerprint density at radius 3 is 1.42 bits per heavy atom. The van der Waals surface area contributed by atoms with Gasteiger partial charge >= 0.3 is 0 Å². The van der Waals surface area contributed by atoms with Gasteiger partial charge in [-0.25, -0.2) is 4.98 Å². The van der Waals surface area contributed by atoms with Crippen LogP contribution in [-0.2, 0) is 0 Å². The van der Waals surface area contributed by atoms with Crippen LogP contribution < -0.4 is 0 Å². The van der Waals surface area contributed by atoms with Crippen molar-refractivity contribution in [3.05, 3.63) is 146 Å². The van der Waals surface area contributed by atoms with Gasteiger partial charge in [-0.1, -0.05) is 103 Å². The lowest BCUT2D eigenvalue weighted by Gasteiger charge is -2.12. The molecular formula is C34H24N2. The average Bonchev–Trinajstić information content (AvgIpc) is 2.98. The molecule has 2 heteroatoms. The molecule has 6 rings (SSSR count). The molecule has 0 unspecified atom stereocenters. The minimum atomic E-state index is 0.956. The van der Waals surface area contributed by atoms with E-state index in [0.29, 0.717) is 0 Å². The zero-order chi connectivity index (χ0) is 24.2.